The molecule has 1 heterocycles. The number of aliphatic hydroxyl groups excluding tert-OH is 1. The van der Waals surface area contributed by atoms with E-state index in [1.54, 1.807) is 0 Å². The fourth-order valence-electron chi connectivity index (χ4n) is 4.22. The van der Waals surface area contributed by atoms with Crippen molar-refractivity contribution in [2.24, 2.45) is 0 Å². The summed E-state index contributed by atoms with van der Waals surface area (Å²) in [6.45, 7) is 2.18. The molecule has 8 heteroatoms. The number of hydrogen-bond acceptors (Lipinski definition) is 7. The smallest absolute Gasteiger partial charge is 0.305 e. The number of unbranched alkanes of at least 4 members (excludes halogenated alkanes) is 9. The molecule has 34 heavy (non-hydrogen) atoms. The fourth-order valence-corrected chi connectivity index (χ4v) is 7.54. The Balaban J connectivity index is 1.97. The summed E-state index contributed by atoms with van der Waals surface area (Å²) in [5.41, 5.74) is 0.681. The van der Waals surface area contributed by atoms with Crippen LogP contribution in [-0.4, -0.2) is 42.9 Å². The first-order valence-electron chi connectivity index (χ1n) is 12.7. The summed E-state index contributed by atoms with van der Waals surface area (Å²) in [6.07, 6.45) is 11.2. The Morgan fingerprint density at radius 1 is 0.971 bits per heavy atom. The Kier molecular flexibility index (Phi) is 13.1. The molecule has 2 rings (SSSR count). The average Bonchev–Trinajstić information content (AvgIpc) is 3.28. The van der Waals surface area contributed by atoms with E-state index in [-0.39, 0.29) is 10.3 Å². The van der Waals surface area contributed by atoms with E-state index in [0.29, 0.717) is 24.8 Å². The Hall–Kier alpha value is -1.51. The van der Waals surface area contributed by atoms with Crippen LogP contribution in [0.1, 0.15) is 96.8 Å². The molecule has 0 spiro atoms. The Morgan fingerprint density at radius 2 is 1.59 bits per heavy atom. The number of carbonyl (C=O) groups excluding carboxylic acids is 1. The Bertz CT molecular complexity index is 924. The van der Waals surface area contributed by atoms with Gasteiger partial charge in [0.15, 0.2) is 0 Å². The van der Waals surface area contributed by atoms with Gasteiger partial charge in [-0.05, 0) is 31.4 Å². The molecule has 0 saturated carbocycles. The van der Waals surface area contributed by atoms with Crippen LogP contribution in [0.4, 0.5) is 0 Å². The van der Waals surface area contributed by atoms with E-state index >= 15 is 0 Å². The predicted octanol–water partition coefficient (Wildman–Crippen LogP) is 6.45. The summed E-state index contributed by atoms with van der Waals surface area (Å²) >= 11 is 1.19. The van der Waals surface area contributed by atoms with Gasteiger partial charge in [0.2, 0.25) is 14.2 Å². The normalized spacial score (nSPS) is 13.7. The molecule has 0 fully saturated rings. The maximum Gasteiger partial charge on any atom is 0.305 e. The molecule has 1 aromatic heterocycles. The van der Waals surface area contributed by atoms with E-state index in [9.17, 15) is 18.3 Å². The maximum atomic E-state index is 13.5. The standard InChI is InChI=1S/C26H41NO5S2/c1-3-4-5-6-8-11-17-22(28)24(19-12-9-7-10-13-20-25(29)32-2)34(30,31)26-27-21-16-14-15-18-23(21)33-26/h14-16,18,22,24,28H,3-13,17,19-20H2,1-2H3. The summed E-state index contributed by atoms with van der Waals surface area (Å²) in [5, 5.41) is 10.1. The molecule has 0 saturated heterocycles. The number of benzene rings is 1. The van der Waals surface area contributed by atoms with Crippen LogP contribution in [0.15, 0.2) is 28.6 Å². The molecule has 2 aromatic rings. The van der Waals surface area contributed by atoms with Crippen LogP contribution in [-0.2, 0) is 19.4 Å². The minimum Gasteiger partial charge on any atom is -0.469 e. The van der Waals surface area contributed by atoms with E-state index < -0.39 is 21.2 Å². The number of aliphatic hydroxyl groups is 1. The van der Waals surface area contributed by atoms with Crippen molar-refractivity contribution in [3.8, 4) is 0 Å². The van der Waals surface area contributed by atoms with Crippen molar-refractivity contribution >= 4 is 37.4 Å². The van der Waals surface area contributed by atoms with Gasteiger partial charge in [0, 0.05) is 6.42 Å². The van der Waals surface area contributed by atoms with Crippen LogP contribution in [0, 0.1) is 0 Å². The van der Waals surface area contributed by atoms with Crippen molar-refractivity contribution in [2.45, 2.75) is 113 Å². The lowest BCUT2D eigenvalue weighted by atomic mass is 10.0. The van der Waals surface area contributed by atoms with Gasteiger partial charge in [-0.2, -0.15) is 0 Å². The van der Waals surface area contributed by atoms with Crippen LogP contribution in [0.3, 0.4) is 0 Å². The zero-order valence-electron chi connectivity index (χ0n) is 20.7. The monoisotopic (exact) mass is 511 g/mol. The van der Waals surface area contributed by atoms with Crippen molar-refractivity contribution in [1.82, 2.24) is 4.98 Å². The number of aromatic nitrogens is 1. The Morgan fingerprint density at radius 3 is 2.26 bits per heavy atom. The highest BCUT2D eigenvalue weighted by Crippen LogP contribution is 2.31. The minimum absolute atomic E-state index is 0.110. The van der Waals surface area contributed by atoms with Crippen molar-refractivity contribution < 1.29 is 23.1 Å². The molecule has 1 N–H and O–H groups in total. The molecule has 0 aliphatic heterocycles. The van der Waals surface area contributed by atoms with Crippen molar-refractivity contribution in [1.29, 1.82) is 0 Å². The zero-order chi connectivity index (χ0) is 24.8. The van der Waals surface area contributed by atoms with E-state index in [4.69, 9.17) is 0 Å². The number of rotatable bonds is 18. The third-order valence-corrected chi connectivity index (χ3v) is 10.00. The summed E-state index contributed by atoms with van der Waals surface area (Å²) in [4.78, 5) is 15.6. The van der Waals surface area contributed by atoms with Gasteiger partial charge >= 0.3 is 5.97 Å². The number of sulfone groups is 1. The number of carbonyl (C=O) groups is 1. The van der Waals surface area contributed by atoms with Gasteiger partial charge in [0.1, 0.15) is 0 Å². The lowest BCUT2D eigenvalue weighted by molar-refractivity contribution is -0.140. The molecule has 0 bridgehead atoms. The molecule has 2 atom stereocenters. The van der Waals surface area contributed by atoms with E-state index in [2.05, 4.69) is 16.6 Å². The molecule has 6 nitrogen and oxygen atoms in total. The molecule has 2 unspecified atom stereocenters. The van der Waals surface area contributed by atoms with Crippen molar-refractivity contribution in [3.63, 3.8) is 0 Å². The van der Waals surface area contributed by atoms with Crippen molar-refractivity contribution in [2.75, 3.05) is 7.11 Å². The number of esters is 1. The summed E-state index contributed by atoms with van der Waals surface area (Å²) < 4.78 is 32.7. The first-order chi connectivity index (χ1) is 16.4. The zero-order valence-corrected chi connectivity index (χ0v) is 22.3. The second kappa shape index (κ2) is 15.5. The second-order valence-corrected chi connectivity index (χ2v) is 12.4. The minimum atomic E-state index is -3.73. The van der Waals surface area contributed by atoms with Gasteiger partial charge in [-0.15, -0.1) is 11.3 Å². The number of nitrogens with zero attached hydrogens (tertiary/aromatic N) is 1. The third-order valence-electron chi connectivity index (χ3n) is 6.30. The van der Waals surface area contributed by atoms with E-state index in [1.165, 1.54) is 37.7 Å². The topological polar surface area (TPSA) is 93.6 Å². The summed E-state index contributed by atoms with van der Waals surface area (Å²) in [5.74, 6) is -0.195. The summed E-state index contributed by atoms with van der Waals surface area (Å²) in [7, 11) is -2.34. The maximum absolute atomic E-state index is 13.5. The van der Waals surface area contributed by atoms with Gasteiger partial charge in [-0.1, -0.05) is 83.3 Å². The second-order valence-electron chi connectivity index (χ2n) is 9.04. The van der Waals surface area contributed by atoms with Crippen LogP contribution < -0.4 is 0 Å². The molecule has 0 amide bonds. The molecular weight excluding hydrogens is 470 g/mol. The SMILES string of the molecule is CCCCCCCCC(O)C(CCCCCCCC(=O)OC)S(=O)(=O)c1nc2ccccc2s1. The first-order valence-corrected chi connectivity index (χ1v) is 15.1. The molecule has 0 aliphatic rings. The lowest BCUT2D eigenvalue weighted by Crippen LogP contribution is -2.34. The highest BCUT2D eigenvalue weighted by Gasteiger charge is 2.35. The van der Waals surface area contributed by atoms with Gasteiger partial charge < -0.3 is 9.84 Å². The van der Waals surface area contributed by atoms with Crippen molar-refractivity contribution in [3.05, 3.63) is 24.3 Å². The van der Waals surface area contributed by atoms with E-state index in [1.807, 2.05) is 24.3 Å². The van der Waals surface area contributed by atoms with Gasteiger partial charge in [-0.25, -0.2) is 13.4 Å². The van der Waals surface area contributed by atoms with Crippen LogP contribution >= 0.6 is 11.3 Å². The highest BCUT2D eigenvalue weighted by molar-refractivity contribution is 7.94. The lowest BCUT2D eigenvalue weighted by Gasteiger charge is -2.22. The largest absolute Gasteiger partial charge is 0.469 e. The quantitative estimate of drug-likeness (QED) is 0.182. The highest BCUT2D eigenvalue weighted by atomic mass is 32.2. The molecule has 1 aromatic carbocycles. The van der Waals surface area contributed by atoms with Gasteiger partial charge in [-0.3, -0.25) is 4.79 Å². The Labute approximate surface area is 209 Å². The van der Waals surface area contributed by atoms with Crippen LogP contribution in [0.25, 0.3) is 10.2 Å². The number of methoxy groups -OCH3 is 1. The number of ether oxygens (including phenoxy) is 1. The number of hydrogen-bond donors (Lipinski definition) is 1. The first kappa shape index (κ1) is 28.7. The number of thiazole rings is 1. The number of para-hydroxylation sites is 1. The third kappa shape index (κ3) is 9.27. The molecule has 0 aliphatic carbocycles. The molecular formula is C26H41NO5S2. The van der Waals surface area contributed by atoms with Gasteiger partial charge in [0.05, 0.1) is 28.7 Å². The van der Waals surface area contributed by atoms with E-state index in [0.717, 1.165) is 56.1 Å². The number of fused-ring (bicyclic) bond motifs is 1. The molecule has 0 radical (unpaired) electrons. The van der Waals surface area contributed by atoms with Gasteiger partial charge in [0.25, 0.3) is 0 Å². The molecule has 192 valence electrons. The van der Waals surface area contributed by atoms with Crippen LogP contribution in [0.2, 0.25) is 0 Å². The van der Waals surface area contributed by atoms with Crippen LogP contribution in [0.5, 0.6) is 0 Å². The predicted molar refractivity (Wildman–Crippen MR) is 139 cm³/mol. The summed E-state index contributed by atoms with van der Waals surface area (Å²) in [6, 6.07) is 7.43. The average molecular weight is 512 g/mol. The fraction of sp³-hybridized carbons (Fsp3) is 0.692.